The van der Waals surface area contributed by atoms with E-state index in [1.54, 1.807) is 18.2 Å². The van der Waals surface area contributed by atoms with Crippen molar-refractivity contribution in [1.82, 2.24) is 9.78 Å². The third-order valence-corrected chi connectivity index (χ3v) is 2.94. The summed E-state index contributed by atoms with van der Waals surface area (Å²) in [5.74, 6) is -0.768. The van der Waals surface area contributed by atoms with Gasteiger partial charge in [0.2, 0.25) is 0 Å². The standard InChI is InChI=1S/C15H12N2O3/c1-10-4-2-5-11(8-10)17-13(15(18)19)9-12(16-17)14-6-3-7-20-14/h2-9H,1H3,(H,18,19)/p-1. The molecule has 0 aliphatic heterocycles. The van der Waals surface area contributed by atoms with Crippen LogP contribution in [0.2, 0.25) is 0 Å². The first kappa shape index (κ1) is 12.2. The van der Waals surface area contributed by atoms with Gasteiger partial charge >= 0.3 is 0 Å². The third kappa shape index (κ3) is 2.09. The molecule has 0 saturated heterocycles. The molecule has 1 aromatic carbocycles. The summed E-state index contributed by atoms with van der Waals surface area (Å²) in [5.41, 5.74) is 2.13. The number of carboxylic acid groups (broad SMARTS) is 1. The zero-order chi connectivity index (χ0) is 14.1. The summed E-state index contributed by atoms with van der Waals surface area (Å²) in [7, 11) is 0. The predicted molar refractivity (Wildman–Crippen MR) is 70.3 cm³/mol. The second-order valence-corrected chi connectivity index (χ2v) is 4.43. The van der Waals surface area contributed by atoms with Crippen molar-refractivity contribution in [2.24, 2.45) is 0 Å². The molecule has 0 amide bonds. The van der Waals surface area contributed by atoms with E-state index in [2.05, 4.69) is 5.10 Å². The van der Waals surface area contributed by atoms with Crippen LogP contribution >= 0.6 is 0 Å². The minimum Gasteiger partial charge on any atom is -0.543 e. The van der Waals surface area contributed by atoms with Crippen LogP contribution in [0.1, 0.15) is 16.1 Å². The molecule has 0 aliphatic carbocycles. The average molecular weight is 267 g/mol. The molecule has 0 atom stereocenters. The lowest BCUT2D eigenvalue weighted by molar-refractivity contribution is -0.255. The molecule has 0 fully saturated rings. The Labute approximate surface area is 115 Å². The summed E-state index contributed by atoms with van der Waals surface area (Å²) in [6.07, 6.45) is 1.51. The number of carboxylic acids is 1. The first-order chi connectivity index (χ1) is 9.65. The lowest BCUT2D eigenvalue weighted by Gasteiger charge is -2.08. The van der Waals surface area contributed by atoms with Gasteiger partial charge in [0.05, 0.1) is 23.6 Å². The fourth-order valence-corrected chi connectivity index (χ4v) is 2.03. The second-order valence-electron chi connectivity index (χ2n) is 4.43. The number of aromatic nitrogens is 2. The van der Waals surface area contributed by atoms with Crippen LogP contribution in [0.4, 0.5) is 0 Å². The molecule has 20 heavy (non-hydrogen) atoms. The van der Waals surface area contributed by atoms with Gasteiger partial charge in [-0.1, -0.05) is 12.1 Å². The van der Waals surface area contributed by atoms with E-state index in [0.29, 0.717) is 17.1 Å². The van der Waals surface area contributed by atoms with Crippen LogP contribution in [-0.2, 0) is 0 Å². The fraction of sp³-hybridized carbons (Fsp3) is 0.0667. The molecule has 100 valence electrons. The largest absolute Gasteiger partial charge is 0.543 e. The molecular weight excluding hydrogens is 256 g/mol. The van der Waals surface area contributed by atoms with Crippen LogP contribution in [-0.4, -0.2) is 15.7 Å². The van der Waals surface area contributed by atoms with Gasteiger partial charge < -0.3 is 14.3 Å². The van der Waals surface area contributed by atoms with Crippen LogP contribution in [0.5, 0.6) is 0 Å². The van der Waals surface area contributed by atoms with Gasteiger partial charge in [0.15, 0.2) is 5.76 Å². The Hall–Kier alpha value is -2.82. The van der Waals surface area contributed by atoms with E-state index in [1.165, 1.54) is 17.0 Å². The smallest absolute Gasteiger partial charge is 0.154 e. The Morgan fingerprint density at radius 3 is 2.75 bits per heavy atom. The van der Waals surface area contributed by atoms with Crippen molar-refractivity contribution >= 4 is 5.97 Å². The molecule has 0 saturated carbocycles. The number of furan rings is 1. The predicted octanol–water partition coefficient (Wildman–Crippen LogP) is 1.80. The Morgan fingerprint density at radius 1 is 1.25 bits per heavy atom. The average Bonchev–Trinajstić information content (AvgIpc) is 3.08. The van der Waals surface area contributed by atoms with Gasteiger partial charge in [-0.15, -0.1) is 0 Å². The molecule has 0 aliphatic rings. The number of carbonyl (C=O) groups is 1. The second kappa shape index (κ2) is 4.70. The van der Waals surface area contributed by atoms with Gasteiger partial charge in [-0.05, 0) is 42.8 Å². The summed E-state index contributed by atoms with van der Waals surface area (Å²) in [6.45, 7) is 1.93. The van der Waals surface area contributed by atoms with Gasteiger partial charge in [-0.2, -0.15) is 5.10 Å². The zero-order valence-corrected chi connectivity index (χ0v) is 10.7. The first-order valence-corrected chi connectivity index (χ1v) is 6.07. The summed E-state index contributed by atoms with van der Waals surface area (Å²) in [5, 5.41) is 15.5. The van der Waals surface area contributed by atoms with Crippen molar-refractivity contribution in [2.75, 3.05) is 0 Å². The van der Waals surface area contributed by atoms with Crippen LogP contribution in [0.15, 0.2) is 53.1 Å². The van der Waals surface area contributed by atoms with E-state index in [1.807, 2.05) is 25.1 Å². The third-order valence-electron chi connectivity index (χ3n) is 2.94. The topological polar surface area (TPSA) is 71.1 Å². The Balaban J connectivity index is 2.17. The maximum atomic E-state index is 11.3. The number of hydrogen-bond acceptors (Lipinski definition) is 4. The quantitative estimate of drug-likeness (QED) is 0.725. The Kier molecular flexibility index (Phi) is 2.87. The van der Waals surface area contributed by atoms with Gasteiger partial charge in [-0.25, -0.2) is 4.68 Å². The van der Waals surface area contributed by atoms with Crippen molar-refractivity contribution in [3.05, 3.63) is 60.0 Å². The Morgan fingerprint density at radius 2 is 2.10 bits per heavy atom. The molecule has 5 heteroatoms. The summed E-state index contributed by atoms with van der Waals surface area (Å²) < 4.78 is 6.59. The van der Waals surface area contributed by atoms with E-state index in [9.17, 15) is 9.90 Å². The fourth-order valence-electron chi connectivity index (χ4n) is 2.03. The molecular formula is C15H11N2O3-. The van der Waals surface area contributed by atoms with Crippen LogP contribution in [0.3, 0.4) is 0 Å². The highest BCUT2D eigenvalue weighted by atomic mass is 16.4. The van der Waals surface area contributed by atoms with Gasteiger partial charge in [0, 0.05) is 0 Å². The van der Waals surface area contributed by atoms with Gasteiger partial charge in [0.1, 0.15) is 5.69 Å². The maximum Gasteiger partial charge on any atom is 0.154 e. The molecule has 3 rings (SSSR count). The van der Waals surface area contributed by atoms with Crippen molar-refractivity contribution in [2.45, 2.75) is 6.92 Å². The number of nitrogens with zero attached hydrogens (tertiary/aromatic N) is 2. The lowest BCUT2D eigenvalue weighted by atomic mass is 10.2. The molecule has 3 aromatic rings. The molecule has 0 unspecified atom stereocenters. The molecule has 0 spiro atoms. The normalized spacial score (nSPS) is 10.7. The van der Waals surface area contributed by atoms with Crippen LogP contribution < -0.4 is 5.11 Å². The van der Waals surface area contributed by atoms with E-state index in [0.717, 1.165) is 5.56 Å². The van der Waals surface area contributed by atoms with Crippen LogP contribution in [0, 0.1) is 6.92 Å². The molecule has 2 heterocycles. The summed E-state index contributed by atoms with van der Waals surface area (Å²) >= 11 is 0. The van der Waals surface area contributed by atoms with Crippen molar-refractivity contribution in [3.63, 3.8) is 0 Å². The molecule has 0 bridgehead atoms. The number of benzene rings is 1. The van der Waals surface area contributed by atoms with E-state index >= 15 is 0 Å². The zero-order valence-electron chi connectivity index (χ0n) is 10.7. The van der Waals surface area contributed by atoms with Crippen LogP contribution in [0.25, 0.3) is 17.1 Å². The van der Waals surface area contributed by atoms with Gasteiger partial charge in [0.25, 0.3) is 0 Å². The molecule has 0 N–H and O–H groups in total. The molecule has 0 radical (unpaired) electrons. The number of hydrogen-bond donors (Lipinski definition) is 0. The number of rotatable bonds is 3. The lowest BCUT2D eigenvalue weighted by Crippen LogP contribution is -2.25. The summed E-state index contributed by atoms with van der Waals surface area (Å²) in [4.78, 5) is 11.3. The van der Waals surface area contributed by atoms with E-state index in [4.69, 9.17) is 4.42 Å². The Bertz CT molecular complexity index is 757. The summed E-state index contributed by atoms with van der Waals surface area (Å²) in [6, 6.07) is 12.3. The van der Waals surface area contributed by atoms with E-state index in [-0.39, 0.29) is 5.69 Å². The highest BCUT2D eigenvalue weighted by Crippen LogP contribution is 2.22. The van der Waals surface area contributed by atoms with Gasteiger partial charge in [-0.3, -0.25) is 0 Å². The SMILES string of the molecule is Cc1cccc(-n2nc(-c3ccco3)cc2C(=O)[O-])c1. The number of carbonyl (C=O) groups excluding carboxylic acids is 1. The highest BCUT2D eigenvalue weighted by molar-refractivity contribution is 5.86. The molecule has 2 aromatic heterocycles. The highest BCUT2D eigenvalue weighted by Gasteiger charge is 2.13. The van der Waals surface area contributed by atoms with Crippen molar-refractivity contribution in [3.8, 4) is 17.1 Å². The van der Waals surface area contributed by atoms with Crippen molar-refractivity contribution < 1.29 is 14.3 Å². The monoisotopic (exact) mass is 267 g/mol. The minimum atomic E-state index is -1.28. The first-order valence-electron chi connectivity index (χ1n) is 6.07. The van der Waals surface area contributed by atoms with Crippen molar-refractivity contribution in [1.29, 1.82) is 0 Å². The molecule has 5 nitrogen and oxygen atoms in total. The maximum absolute atomic E-state index is 11.3. The minimum absolute atomic E-state index is 0.0120. The number of aromatic carboxylic acids is 1. The van der Waals surface area contributed by atoms with E-state index < -0.39 is 5.97 Å². The number of aryl methyl sites for hydroxylation is 1.